The lowest BCUT2D eigenvalue weighted by Gasteiger charge is -2.09. The molecule has 0 radical (unpaired) electrons. The molecule has 0 aliphatic carbocycles. The maximum Gasteiger partial charge on any atom is 0.319 e. The molecule has 7 nitrogen and oxygen atoms in total. The van der Waals surface area contributed by atoms with Gasteiger partial charge in [-0.2, -0.15) is 5.10 Å². The number of carbonyl (C=O) groups excluding carboxylic acids is 2. The average molecular weight is 349 g/mol. The summed E-state index contributed by atoms with van der Waals surface area (Å²) >= 11 is 0. The Morgan fingerprint density at radius 1 is 1.04 bits per heavy atom. The van der Waals surface area contributed by atoms with Crippen molar-refractivity contribution in [1.29, 1.82) is 0 Å². The van der Waals surface area contributed by atoms with Crippen molar-refractivity contribution in [2.45, 2.75) is 13.5 Å². The standard InChI is InChI=1S/C19H19N5O2/c1-13-2-4-14(5-3-13)12-21-19(26)22-15-6-8-16(9-7-15)24-11-10-17(23-24)18(20)25/h2-11H,12H2,1H3,(H2,20,25)(H2,21,22,26). The van der Waals surface area contributed by atoms with Crippen LogP contribution in [0.2, 0.25) is 0 Å². The average Bonchev–Trinajstić information content (AvgIpc) is 3.12. The summed E-state index contributed by atoms with van der Waals surface area (Å²) in [6.07, 6.45) is 1.65. The maximum atomic E-state index is 12.0. The van der Waals surface area contributed by atoms with Gasteiger partial charge >= 0.3 is 6.03 Å². The molecule has 0 spiro atoms. The van der Waals surface area contributed by atoms with Crippen LogP contribution < -0.4 is 16.4 Å². The third-order valence-electron chi connectivity index (χ3n) is 3.80. The van der Waals surface area contributed by atoms with Gasteiger partial charge < -0.3 is 16.4 Å². The predicted octanol–water partition coefficient (Wildman–Crippen LogP) is 2.60. The number of amides is 3. The first-order valence-electron chi connectivity index (χ1n) is 8.07. The molecule has 26 heavy (non-hydrogen) atoms. The van der Waals surface area contributed by atoms with E-state index in [0.29, 0.717) is 12.2 Å². The Morgan fingerprint density at radius 2 is 1.73 bits per heavy atom. The second-order valence-corrected chi connectivity index (χ2v) is 5.85. The Labute approximate surface area is 150 Å². The highest BCUT2D eigenvalue weighted by atomic mass is 16.2. The summed E-state index contributed by atoms with van der Waals surface area (Å²) in [4.78, 5) is 23.1. The Bertz CT molecular complexity index is 914. The Morgan fingerprint density at radius 3 is 2.35 bits per heavy atom. The van der Waals surface area contributed by atoms with Crippen LogP contribution in [-0.4, -0.2) is 21.7 Å². The van der Waals surface area contributed by atoms with Gasteiger partial charge in [0.15, 0.2) is 0 Å². The first-order chi connectivity index (χ1) is 12.5. The number of urea groups is 1. The lowest BCUT2D eigenvalue weighted by atomic mass is 10.1. The zero-order chi connectivity index (χ0) is 18.5. The lowest BCUT2D eigenvalue weighted by molar-refractivity contribution is 0.0995. The van der Waals surface area contributed by atoms with E-state index in [1.807, 2.05) is 31.2 Å². The Balaban J connectivity index is 1.57. The van der Waals surface area contributed by atoms with Crippen molar-refractivity contribution in [3.63, 3.8) is 0 Å². The SMILES string of the molecule is Cc1ccc(CNC(=O)Nc2ccc(-n3ccc(C(N)=O)n3)cc2)cc1. The molecule has 0 saturated heterocycles. The summed E-state index contributed by atoms with van der Waals surface area (Å²) in [6.45, 7) is 2.47. The van der Waals surface area contributed by atoms with Crippen LogP contribution in [0.4, 0.5) is 10.5 Å². The first-order valence-corrected chi connectivity index (χ1v) is 8.07. The quantitative estimate of drug-likeness (QED) is 0.660. The van der Waals surface area contributed by atoms with Crippen LogP contribution in [-0.2, 0) is 6.54 Å². The number of nitrogens with two attached hydrogens (primary N) is 1. The van der Waals surface area contributed by atoms with Crippen LogP contribution in [0.15, 0.2) is 60.8 Å². The number of hydrogen-bond acceptors (Lipinski definition) is 3. The molecule has 4 N–H and O–H groups in total. The van der Waals surface area contributed by atoms with Crippen molar-refractivity contribution >= 4 is 17.6 Å². The highest BCUT2D eigenvalue weighted by molar-refractivity contribution is 5.90. The molecule has 0 fully saturated rings. The van der Waals surface area contributed by atoms with Crippen LogP contribution in [0, 0.1) is 6.92 Å². The summed E-state index contributed by atoms with van der Waals surface area (Å²) in [6, 6.07) is 16.3. The molecule has 0 bridgehead atoms. The zero-order valence-electron chi connectivity index (χ0n) is 14.3. The smallest absolute Gasteiger partial charge is 0.319 e. The van der Waals surface area contributed by atoms with Crippen LogP contribution in [0.5, 0.6) is 0 Å². The molecule has 132 valence electrons. The van der Waals surface area contributed by atoms with E-state index in [2.05, 4.69) is 15.7 Å². The number of nitrogens with one attached hydrogen (secondary N) is 2. The van der Waals surface area contributed by atoms with Gasteiger partial charge in [-0.25, -0.2) is 9.48 Å². The highest BCUT2D eigenvalue weighted by Gasteiger charge is 2.06. The van der Waals surface area contributed by atoms with E-state index in [1.54, 1.807) is 41.2 Å². The first kappa shape index (κ1) is 17.2. The van der Waals surface area contributed by atoms with Crippen LogP contribution in [0.1, 0.15) is 21.6 Å². The number of aromatic nitrogens is 2. The fourth-order valence-corrected chi connectivity index (χ4v) is 2.36. The fourth-order valence-electron chi connectivity index (χ4n) is 2.36. The van der Waals surface area contributed by atoms with Gasteiger partial charge in [0.05, 0.1) is 5.69 Å². The van der Waals surface area contributed by atoms with E-state index in [4.69, 9.17) is 5.73 Å². The Hall–Kier alpha value is -3.61. The summed E-state index contributed by atoms with van der Waals surface area (Å²) in [7, 11) is 0. The monoisotopic (exact) mass is 349 g/mol. The van der Waals surface area contributed by atoms with Crippen LogP contribution >= 0.6 is 0 Å². The van der Waals surface area contributed by atoms with Crippen LogP contribution in [0.25, 0.3) is 5.69 Å². The molecule has 7 heteroatoms. The van der Waals surface area contributed by atoms with E-state index >= 15 is 0 Å². The van der Waals surface area contributed by atoms with E-state index in [0.717, 1.165) is 11.3 Å². The van der Waals surface area contributed by atoms with Gasteiger partial charge in [0, 0.05) is 18.4 Å². The molecule has 2 aromatic carbocycles. The third kappa shape index (κ3) is 4.27. The minimum Gasteiger partial charge on any atom is -0.364 e. The number of anilines is 1. The maximum absolute atomic E-state index is 12.0. The Kier molecular flexibility index (Phi) is 4.98. The molecule has 0 saturated carbocycles. The molecule has 1 aromatic heterocycles. The highest BCUT2D eigenvalue weighted by Crippen LogP contribution is 2.13. The summed E-state index contributed by atoms with van der Waals surface area (Å²) in [5, 5.41) is 9.66. The van der Waals surface area contributed by atoms with Gasteiger partial charge in [-0.1, -0.05) is 29.8 Å². The summed E-state index contributed by atoms with van der Waals surface area (Å²) in [5.74, 6) is -0.577. The van der Waals surface area contributed by atoms with Gasteiger partial charge in [0.1, 0.15) is 5.69 Å². The van der Waals surface area contributed by atoms with Gasteiger partial charge in [0.2, 0.25) is 0 Å². The van der Waals surface area contributed by atoms with Gasteiger partial charge in [-0.05, 0) is 42.8 Å². The van der Waals surface area contributed by atoms with Gasteiger partial charge in [-0.3, -0.25) is 4.79 Å². The van der Waals surface area contributed by atoms with Crippen LogP contribution in [0.3, 0.4) is 0 Å². The number of benzene rings is 2. The molecule has 1 heterocycles. The molecule has 3 rings (SSSR count). The molecule has 0 unspecified atom stereocenters. The van der Waals surface area contributed by atoms with E-state index < -0.39 is 5.91 Å². The normalized spacial score (nSPS) is 10.3. The number of hydrogen-bond donors (Lipinski definition) is 3. The van der Waals surface area contributed by atoms with Crippen molar-refractivity contribution in [2.24, 2.45) is 5.73 Å². The molecule has 0 aliphatic heterocycles. The second kappa shape index (κ2) is 7.52. The topological polar surface area (TPSA) is 102 Å². The third-order valence-corrected chi connectivity index (χ3v) is 3.80. The van der Waals surface area contributed by atoms with Crippen molar-refractivity contribution in [3.05, 3.63) is 77.6 Å². The number of carbonyl (C=O) groups is 2. The fraction of sp³-hybridized carbons (Fsp3) is 0.105. The summed E-state index contributed by atoms with van der Waals surface area (Å²) in [5.41, 5.74) is 9.00. The van der Waals surface area contributed by atoms with E-state index in [9.17, 15) is 9.59 Å². The van der Waals surface area contributed by atoms with E-state index in [1.165, 1.54) is 5.56 Å². The molecular formula is C19H19N5O2. The van der Waals surface area contributed by atoms with E-state index in [-0.39, 0.29) is 11.7 Å². The lowest BCUT2D eigenvalue weighted by Crippen LogP contribution is -2.28. The van der Waals surface area contributed by atoms with Crippen molar-refractivity contribution in [3.8, 4) is 5.69 Å². The zero-order valence-corrected chi connectivity index (χ0v) is 14.3. The number of rotatable bonds is 5. The van der Waals surface area contributed by atoms with Crippen molar-refractivity contribution in [1.82, 2.24) is 15.1 Å². The summed E-state index contributed by atoms with van der Waals surface area (Å²) < 4.78 is 1.54. The molecule has 0 aliphatic rings. The van der Waals surface area contributed by atoms with Gasteiger partial charge in [0.25, 0.3) is 5.91 Å². The number of primary amides is 1. The minimum atomic E-state index is -0.577. The largest absolute Gasteiger partial charge is 0.364 e. The predicted molar refractivity (Wildman–Crippen MR) is 99.1 cm³/mol. The molecule has 3 amide bonds. The molecule has 3 aromatic rings. The van der Waals surface area contributed by atoms with Crippen molar-refractivity contribution in [2.75, 3.05) is 5.32 Å². The van der Waals surface area contributed by atoms with Crippen molar-refractivity contribution < 1.29 is 9.59 Å². The second-order valence-electron chi connectivity index (χ2n) is 5.85. The molecule has 0 atom stereocenters. The van der Waals surface area contributed by atoms with Gasteiger partial charge in [-0.15, -0.1) is 0 Å². The number of aryl methyl sites for hydroxylation is 1. The molecular weight excluding hydrogens is 330 g/mol. The number of nitrogens with zero attached hydrogens (tertiary/aromatic N) is 2. The minimum absolute atomic E-state index is 0.197.